The van der Waals surface area contributed by atoms with Crippen LogP contribution in [0.25, 0.3) is 0 Å². The lowest BCUT2D eigenvalue weighted by atomic mass is 10.3. The maximum atomic E-state index is 12.6. The summed E-state index contributed by atoms with van der Waals surface area (Å²) in [5, 5.41) is 0. The molecule has 0 saturated carbocycles. The van der Waals surface area contributed by atoms with Crippen molar-refractivity contribution in [2.45, 2.75) is 13.1 Å². The molecule has 0 amide bonds. The van der Waals surface area contributed by atoms with Gasteiger partial charge in [0.15, 0.2) is 5.69 Å². The molecule has 0 atom stereocenters. The van der Waals surface area contributed by atoms with E-state index < -0.39 is 17.8 Å². The van der Waals surface area contributed by atoms with E-state index >= 15 is 0 Å². The van der Waals surface area contributed by atoms with E-state index in [4.69, 9.17) is 10.5 Å². The first-order valence-electron chi connectivity index (χ1n) is 5.34. The van der Waals surface area contributed by atoms with Crippen molar-refractivity contribution in [3.63, 3.8) is 0 Å². The van der Waals surface area contributed by atoms with Crippen molar-refractivity contribution in [1.29, 1.82) is 0 Å². The van der Waals surface area contributed by atoms with Gasteiger partial charge in [-0.25, -0.2) is 4.98 Å². The highest BCUT2D eigenvalue weighted by Gasteiger charge is 2.33. The van der Waals surface area contributed by atoms with Crippen LogP contribution < -0.4 is 10.6 Å². The Morgan fingerprint density at radius 3 is 2.56 bits per heavy atom. The zero-order valence-corrected chi connectivity index (χ0v) is 10.2. The predicted octanol–water partition coefficient (Wildman–Crippen LogP) is 1.55. The Kier molecular flexibility index (Phi) is 4.71. The van der Waals surface area contributed by atoms with Gasteiger partial charge in [-0.05, 0) is 6.92 Å². The van der Waals surface area contributed by atoms with E-state index in [-0.39, 0.29) is 5.82 Å². The van der Waals surface area contributed by atoms with Crippen LogP contribution in [0.3, 0.4) is 0 Å². The maximum absolute atomic E-state index is 12.6. The van der Waals surface area contributed by atoms with Gasteiger partial charge < -0.3 is 15.4 Å². The molecule has 5 nitrogen and oxygen atoms in total. The molecule has 0 aromatic carbocycles. The summed E-state index contributed by atoms with van der Waals surface area (Å²) in [6, 6.07) is 0.884. The fourth-order valence-corrected chi connectivity index (χ4v) is 1.40. The third-order valence-corrected chi connectivity index (χ3v) is 2.29. The van der Waals surface area contributed by atoms with Crippen molar-refractivity contribution in [3.05, 3.63) is 11.8 Å². The number of nitrogen functional groups attached to an aromatic ring is 1. The molecule has 2 N–H and O–H groups in total. The van der Waals surface area contributed by atoms with E-state index in [0.29, 0.717) is 19.7 Å². The zero-order chi connectivity index (χ0) is 13.8. The van der Waals surface area contributed by atoms with E-state index in [1.807, 2.05) is 0 Å². The molecule has 102 valence electrons. The predicted molar refractivity (Wildman–Crippen MR) is 61.2 cm³/mol. The van der Waals surface area contributed by atoms with Gasteiger partial charge in [0, 0.05) is 26.3 Å². The van der Waals surface area contributed by atoms with Crippen LogP contribution in [0.15, 0.2) is 6.07 Å². The topological polar surface area (TPSA) is 64.3 Å². The summed E-state index contributed by atoms with van der Waals surface area (Å²) in [4.78, 5) is 8.63. The Morgan fingerprint density at radius 1 is 1.39 bits per heavy atom. The number of aromatic nitrogens is 2. The molecule has 0 radical (unpaired) electrons. The van der Waals surface area contributed by atoms with Gasteiger partial charge in [0.25, 0.3) is 0 Å². The molecule has 0 aliphatic carbocycles. The number of alkyl halides is 3. The summed E-state index contributed by atoms with van der Waals surface area (Å²) in [5.74, 6) is -0.245. The molecule has 1 rings (SSSR count). The standard InChI is InChI=1S/C10H15F3N4O/c1-3-17(4-5-18-2)8-6-7(10(11,12)13)15-9(14)16-8/h6H,3-5H2,1-2H3,(H2,14,15,16). The van der Waals surface area contributed by atoms with Crippen molar-refractivity contribution in [2.24, 2.45) is 0 Å². The fourth-order valence-electron chi connectivity index (χ4n) is 1.40. The number of anilines is 2. The van der Waals surface area contributed by atoms with Crippen LogP contribution in [-0.4, -0.2) is 36.8 Å². The average Bonchev–Trinajstić information content (AvgIpc) is 2.28. The molecule has 0 unspecified atom stereocenters. The van der Waals surface area contributed by atoms with Crippen LogP contribution in [-0.2, 0) is 10.9 Å². The zero-order valence-electron chi connectivity index (χ0n) is 10.2. The lowest BCUT2D eigenvalue weighted by molar-refractivity contribution is -0.141. The highest BCUT2D eigenvalue weighted by atomic mass is 19.4. The van der Waals surface area contributed by atoms with Crippen LogP contribution in [0.1, 0.15) is 12.6 Å². The quantitative estimate of drug-likeness (QED) is 0.874. The number of hydrogen-bond donors (Lipinski definition) is 1. The second kappa shape index (κ2) is 5.85. The van der Waals surface area contributed by atoms with Crippen LogP contribution in [0.4, 0.5) is 24.9 Å². The summed E-state index contributed by atoms with van der Waals surface area (Å²) in [6.45, 7) is 3.12. The van der Waals surface area contributed by atoms with Gasteiger partial charge in [0.1, 0.15) is 5.82 Å². The molecule has 0 fully saturated rings. The van der Waals surface area contributed by atoms with Crippen molar-refractivity contribution in [2.75, 3.05) is 37.4 Å². The normalized spacial score (nSPS) is 11.6. The minimum atomic E-state index is -4.54. The van der Waals surface area contributed by atoms with E-state index in [1.54, 1.807) is 11.8 Å². The largest absolute Gasteiger partial charge is 0.433 e. The molecule has 0 bridgehead atoms. The van der Waals surface area contributed by atoms with E-state index in [0.717, 1.165) is 6.07 Å². The summed E-state index contributed by atoms with van der Waals surface area (Å²) in [7, 11) is 1.52. The van der Waals surface area contributed by atoms with Gasteiger partial charge in [0.05, 0.1) is 6.61 Å². The number of nitrogens with two attached hydrogens (primary N) is 1. The molecule has 0 aliphatic rings. The van der Waals surface area contributed by atoms with Crippen molar-refractivity contribution in [3.8, 4) is 0 Å². The summed E-state index contributed by atoms with van der Waals surface area (Å²) >= 11 is 0. The lowest BCUT2D eigenvalue weighted by Crippen LogP contribution is -2.28. The number of ether oxygens (including phenoxy) is 1. The van der Waals surface area contributed by atoms with Crippen molar-refractivity contribution < 1.29 is 17.9 Å². The number of hydrogen-bond acceptors (Lipinski definition) is 5. The van der Waals surface area contributed by atoms with Crippen LogP contribution >= 0.6 is 0 Å². The number of rotatable bonds is 5. The first-order valence-corrected chi connectivity index (χ1v) is 5.34. The SMILES string of the molecule is CCN(CCOC)c1cc(C(F)(F)F)nc(N)n1. The second-order valence-electron chi connectivity index (χ2n) is 3.54. The average molecular weight is 264 g/mol. The third kappa shape index (κ3) is 3.73. The second-order valence-corrected chi connectivity index (χ2v) is 3.54. The molecule has 0 aliphatic heterocycles. The molecular formula is C10H15F3N4O. The minimum absolute atomic E-state index is 0.148. The Hall–Kier alpha value is -1.57. The highest BCUT2D eigenvalue weighted by molar-refractivity contribution is 5.44. The minimum Gasteiger partial charge on any atom is -0.383 e. The summed E-state index contributed by atoms with van der Waals surface area (Å²) in [5.41, 5.74) is 4.26. The van der Waals surface area contributed by atoms with E-state index in [9.17, 15) is 13.2 Å². The van der Waals surface area contributed by atoms with Crippen LogP contribution in [0, 0.1) is 0 Å². The summed E-state index contributed by atoms with van der Waals surface area (Å²) in [6.07, 6.45) is -4.54. The van der Waals surface area contributed by atoms with Crippen molar-refractivity contribution in [1.82, 2.24) is 9.97 Å². The smallest absolute Gasteiger partial charge is 0.383 e. The van der Waals surface area contributed by atoms with Gasteiger partial charge in [-0.2, -0.15) is 18.2 Å². The molecule has 18 heavy (non-hydrogen) atoms. The fraction of sp³-hybridized carbons (Fsp3) is 0.600. The molecule has 1 aromatic rings. The van der Waals surface area contributed by atoms with Crippen LogP contribution in [0.2, 0.25) is 0 Å². The molecule has 1 heterocycles. The molecular weight excluding hydrogens is 249 g/mol. The number of likely N-dealkylation sites (N-methyl/N-ethyl adjacent to an activating group) is 1. The molecule has 0 saturated heterocycles. The van der Waals surface area contributed by atoms with E-state index in [2.05, 4.69) is 9.97 Å². The first-order chi connectivity index (χ1) is 8.38. The summed E-state index contributed by atoms with van der Waals surface area (Å²) < 4.78 is 42.6. The van der Waals surface area contributed by atoms with Gasteiger partial charge in [0.2, 0.25) is 5.95 Å². The van der Waals surface area contributed by atoms with Gasteiger partial charge in [-0.3, -0.25) is 0 Å². The third-order valence-electron chi connectivity index (χ3n) is 2.29. The van der Waals surface area contributed by atoms with Crippen molar-refractivity contribution >= 4 is 11.8 Å². The van der Waals surface area contributed by atoms with Gasteiger partial charge in [-0.15, -0.1) is 0 Å². The molecule has 8 heteroatoms. The monoisotopic (exact) mass is 264 g/mol. The van der Waals surface area contributed by atoms with Crippen LogP contribution in [0.5, 0.6) is 0 Å². The highest BCUT2D eigenvalue weighted by Crippen LogP contribution is 2.30. The Balaban J connectivity index is 3.04. The lowest BCUT2D eigenvalue weighted by Gasteiger charge is -2.22. The number of methoxy groups -OCH3 is 1. The number of nitrogens with zero attached hydrogens (tertiary/aromatic N) is 3. The van der Waals surface area contributed by atoms with Gasteiger partial charge >= 0.3 is 6.18 Å². The van der Waals surface area contributed by atoms with Gasteiger partial charge in [-0.1, -0.05) is 0 Å². The Morgan fingerprint density at radius 2 is 2.06 bits per heavy atom. The van der Waals surface area contributed by atoms with E-state index in [1.165, 1.54) is 7.11 Å². The molecule has 0 spiro atoms. The Bertz CT molecular complexity index is 397. The number of halogens is 3. The first kappa shape index (κ1) is 14.5. The molecule has 1 aromatic heterocycles. The maximum Gasteiger partial charge on any atom is 0.433 e. The Labute approximate surface area is 103 Å².